The van der Waals surface area contributed by atoms with Gasteiger partial charge < -0.3 is 34.6 Å². The van der Waals surface area contributed by atoms with Crippen LogP contribution in [-0.2, 0) is 19.0 Å². The van der Waals surface area contributed by atoms with Gasteiger partial charge >= 0.3 is 5.97 Å². The van der Waals surface area contributed by atoms with Gasteiger partial charge in [-0.1, -0.05) is 90.4 Å². The number of hydrogen-bond acceptors (Lipinski definition) is 8. The van der Waals surface area contributed by atoms with Gasteiger partial charge in [-0.2, -0.15) is 0 Å². The monoisotopic (exact) mass is 638 g/mol. The molecule has 45 heavy (non-hydrogen) atoms. The Bertz CT molecular complexity index is 833. The number of carbonyl (C=O) groups is 1. The number of esters is 1. The fourth-order valence-corrected chi connectivity index (χ4v) is 7.29. The second-order valence-corrected chi connectivity index (χ2v) is 14.2. The molecule has 3 aliphatic rings. The number of aliphatic hydroxyl groups excluding tert-OH is 4. The van der Waals surface area contributed by atoms with Crippen molar-refractivity contribution in [3.8, 4) is 0 Å². The van der Waals surface area contributed by atoms with Gasteiger partial charge in [0.2, 0.25) is 0 Å². The molecule has 8 nitrogen and oxygen atoms in total. The van der Waals surface area contributed by atoms with Gasteiger partial charge in [0, 0.05) is 12.0 Å². The second-order valence-electron chi connectivity index (χ2n) is 14.2. The molecule has 4 N–H and O–H groups in total. The van der Waals surface area contributed by atoms with Crippen molar-refractivity contribution in [2.45, 2.75) is 216 Å². The predicted molar refractivity (Wildman–Crippen MR) is 177 cm³/mol. The first-order valence-corrected chi connectivity index (χ1v) is 18.7. The van der Waals surface area contributed by atoms with E-state index in [4.69, 9.17) is 14.2 Å². The average molecular weight is 639 g/mol. The van der Waals surface area contributed by atoms with Crippen molar-refractivity contribution in [2.24, 2.45) is 0 Å². The summed E-state index contributed by atoms with van der Waals surface area (Å²) in [6.07, 6.45) is 22.1. The van der Waals surface area contributed by atoms with Crippen molar-refractivity contribution in [2.75, 3.05) is 0 Å². The number of hydrogen-bond donors (Lipinski definition) is 4. The molecule has 8 heteroatoms. The Hall–Kier alpha value is -1.03. The lowest BCUT2D eigenvalue weighted by Crippen LogP contribution is -2.33. The highest BCUT2D eigenvalue weighted by Crippen LogP contribution is 2.31. The number of carbonyl (C=O) groups excluding carboxylic acids is 1. The van der Waals surface area contributed by atoms with Gasteiger partial charge in [0.1, 0.15) is 6.10 Å². The molecule has 3 heterocycles. The fraction of sp³-hybridized carbons (Fsp3) is 0.919. The third-order valence-electron chi connectivity index (χ3n) is 10.1. The van der Waals surface area contributed by atoms with E-state index in [9.17, 15) is 25.2 Å². The summed E-state index contributed by atoms with van der Waals surface area (Å²) in [5, 5.41) is 42.0. The van der Waals surface area contributed by atoms with Crippen LogP contribution in [0.5, 0.6) is 0 Å². The highest BCUT2D eigenvalue weighted by atomic mass is 16.5. The number of unbranched alkanes of at least 4 members (excludes halogenated alkanes) is 11. The number of ether oxygens (including phenoxy) is 3. The maximum atomic E-state index is 11.7. The Morgan fingerprint density at radius 3 is 1.76 bits per heavy atom. The average Bonchev–Trinajstić information content (AvgIpc) is 3.77. The van der Waals surface area contributed by atoms with Crippen molar-refractivity contribution in [3.63, 3.8) is 0 Å². The zero-order chi connectivity index (χ0) is 32.4. The van der Waals surface area contributed by atoms with Crippen LogP contribution >= 0.6 is 0 Å². The molecule has 0 spiro atoms. The Morgan fingerprint density at radius 2 is 1.18 bits per heavy atom. The van der Waals surface area contributed by atoms with Gasteiger partial charge in [-0.3, -0.25) is 0 Å². The molecule has 0 aromatic carbocycles. The van der Waals surface area contributed by atoms with Crippen molar-refractivity contribution >= 4 is 5.97 Å². The minimum atomic E-state index is -0.609. The highest BCUT2D eigenvalue weighted by molar-refractivity contribution is 5.90. The van der Waals surface area contributed by atoms with Gasteiger partial charge in [0.25, 0.3) is 0 Å². The number of rotatable bonds is 25. The third-order valence-corrected chi connectivity index (χ3v) is 10.1. The summed E-state index contributed by atoms with van der Waals surface area (Å²) < 4.78 is 17.3. The van der Waals surface area contributed by atoms with Crippen LogP contribution in [-0.4, -0.2) is 81.3 Å². The molecular formula is C37H66O8. The molecule has 3 rings (SSSR count). The lowest BCUT2D eigenvalue weighted by atomic mass is 9.99. The third kappa shape index (κ3) is 14.7. The number of aliphatic hydroxyl groups is 4. The van der Waals surface area contributed by atoms with E-state index in [-0.39, 0.29) is 36.5 Å². The van der Waals surface area contributed by atoms with E-state index in [2.05, 4.69) is 6.92 Å². The molecule has 0 amide bonds. The SMILES string of the molecule is CCCCC[C@H](O)[C@@H]1CC[C@@H]([C@H](O)CC[C@H](O)[C@@H]2CC[C@@H](CCCCCCCCCCCC[C@@H](O)CC3=C[C@@H](C)OC3=O)O2)O1. The molecule has 3 aliphatic heterocycles. The van der Waals surface area contributed by atoms with E-state index >= 15 is 0 Å². The Labute approximate surface area is 273 Å². The van der Waals surface area contributed by atoms with Crippen LogP contribution in [0.4, 0.5) is 0 Å². The molecule has 262 valence electrons. The molecule has 2 fully saturated rings. The minimum Gasteiger partial charge on any atom is -0.455 e. The molecule has 0 bridgehead atoms. The zero-order valence-electron chi connectivity index (χ0n) is 28.5. The maximum Gasteiger partial charge on any atom is 0.334 e. The van der Waals surface area contributed by atoms with Crippen LogP contribution < -0.4 is 0 Å². The van der Waals surface area contributed by atoms with Crippen LogP contribution in [0, 0.1) is 0 Å². The minimum absolute atomic E-state index is 0.129. The van der Waals surface area contributed by atoms with Crippen LogP contribution in [0.15, 0.2) is 11.6 Å². The molecule has 0 aliphatic carbocycles. The first-order valence-electron chi connectivity index (χ1n) is 18.7. The Kier molecular flexibility index (Phi) is 18.6. The maximum absolute atomic E-state index is 11.7. The van der Waals surface area contributed by atoms with Crippen LogP contribution in [0.3, 0.4) is 0 Å². The molecular weight excluding hydrogens is 572 g/mol. The van der Waals surface area contributed by atoms with Crippen molar-refractivity contribution in [3.05, 3.63) is 11.6 Å². The summed E-state index contributed by atoms with van der Waals surface area (Å²) >= 11 is 0. The summed E-state index contributed by atoms with van der Waals surface area (Å²) in [5.74, 6) is -0.277. The molecule has 2 saturated heterocycles. The fourth-order valence-electron chi connectivity index (χ4n) is 7.29. The summed E-state index contributed by atoms with van der Waals surface area (Å²) in [6.45, 7) is 3.99. The van der Waals surface area contributed by atoms with Gasteiger partial charge in [-0.15, -0.1) is 0 Å². The summed E-state index contributed by atoms with van der Waals surface area (Å²) in [6, 6.07) is 0. The topological polar surface area (TPSA) is 126 Å². The first-order chi connectivity index (χ1) is 21.8. The first kappa shape index (κ1) is 38.4. The lowest BCUT2D eigenvalue weighted by Gasteiger charge is -2.24. The van der Waals surface area contributed by atoms with Crippen LogP contribution in [0.2, 0.25) is 0 Å². The van der Waals surface area contributed by atoms with E-state index in [0.29, 0.717) is 24.8 Å². The molecule has 0 saturated carbocycles. The van der Waals surface area contributed by atoms with E-state index < -0.39 is 24.4 Å². The van der Waals surface area contributed by atoms with Crippen LogP contribution in [0.25, 0.3) is 0 Å². The van der Waals surface area contributed by atoms with Crippen molar-refractivity contribution in [1.29, 1.82) is 0 Å². The van der Waals surface area contributed by atoms with E-state index in [1.165, 1.54) is 51.4 Å². The normalized spacial score (nSPS) is 27.8. The van der Waals surface area contributed by atoms with Gasteiger partial charge in [-0.25, -0.2) is 4.79 Å². The largest absolute Gasteiger partial charge is 0.455 e. The van der Waals surface area contributed by atoms with Crippen molar-refractivity contribution in [1.82, 2.24) is 0 Å². The van der Waals surface area contributed by atoms with Crippen molar-refractivity contribution < 1.29 is 39.4 Å². The molecule has 0 aromatic heterocycles. The van der Waals surface area contributed by atoms with Gasteiger partial charge in [0.05, 0.1) is 48.8 Å². The second kappa shape index (κ2) is 21.8. The van der Waals surface area contributed by atoms with E-state index in [1.54, 1.807) is 0 Å². The van der Waals surface area contributed by atoms with Crippen LogP contribution in [0.1, 0.15) is 162 Å². The van der Waals surface area contributed by atoms with E-state index in [0.717, 1.165) is 77.0 Å². The molecule has 0 unspecified atom stereocenters. The smallest absolute Gasteiger partial charge is 0.334 e. The highest BCUT2D eigenvalue weighted by Gasteiger charge is 2.36. The zero-order valence-corrected chi connectivity index (χ0v) is 28.5. The summed E-state index contributed by atoms with van der Waals surface area (Å²) in [7, 11) is 0. The lowest BCUT2D eigenvalue weighted by molar-refractivity contribution is -0.139. The van der Waals surface area contributed by atoms with Gasteiger partial charge in [0.15, 0.2) is 0 Å². The standard InChI is InChI=1S/C37H66O8/c1-3-4-13-18-31(39)35-23-24-36(45-35)33(41)21-20-32(40)34-22-19-30(44-34)17-15-12-10-8-6-5-7-9-11-14-16-29(38)26-28-25-27(2)43-37(28)42/h25,27,29-36,38-41H,3-24,26H2,1-2H3/t27-,29-,30-,31+,32+,33-,34+,35+,36+/m1/s1. The molecule has 0 radical (unpaired) electrons. The van der Waals surface area contributed by atoms with Gasteiger partial charge in [-0.05, 0) is 70.8 Å². The number of cyclic esters (lactones) is 1. The molecule has 9 atom stereocenters. The predicted octanol–water partition coefficient (Wildman–Crippen LogP) is 6.83. The summed E-state index contributed by atoms with van der Waals surface area (Å²) in [5.41, 5.74) is 0.622. The quantitative estimate of drug-likeness (QED) is 0.0634. The van der Waals surface area contributed by atoms with E-state index in [1.807, 2.05) is 13.0 Å². The Balaban J connectivity index is 1.10. The molecule has 0 aromatic rings. The Morgan fingerprint density at radius 1 is 0.667 bits per heavy atom. The summed E-state index contributed by atoms with van der Waals surface area (Å²) in [4.78, 5) is 11.7.